The minimum atomic E-state index is -5.14. The number of H-pyrrole nitrogens is 1. The zero-order valence-electron chi connectivity index (χ0n) is 16.3. The number of halogens is 6. The fourth-order valence-electron chi connectivity index (χ4n) is 3.18. The second kappa shape index (κ2) is 7.77. The molecule has 10 heteroatoms. The van der Waals surface area contributed by atoms with E-state index in [4.69, 9.17) is 4.42 Å². The van der Waals surface area contributed by atoms with E-state index in [9.17, 15) is 26.3 Å². The van der Waals surface area contributed by atoms with Gasteiger partial charge in [-0.25, -0.2) is 4.98 Å². The molecule has 0 atom stereocenters. The molecule has 0 bridgehead atoms. The van der Waals surface area contributed by atoms with Gasteiger partial charge in [-0.2, -0.15) is 13.2 Å². The summed E-state index contributed by atoms with van der Waals surface area (Å²) in [6.45, 7) is 1.78. The maximum absolute atomic E-state index is 13.2. The van der Waals surface area contributed by atoms with Crippen LogP contribution in [0.15, 0.2) is 65.1 Å². The monoisotopic (exact) mass is 452 g/mol. The minimum absolute atomic E-state index is 0.0755. The Morgan fingerprint density at radius 2 is 1.53 bits per heavy atom. The first-order chi connectivity index (χ1) is 15.0. The topological polar surface area (TPSA) is 51.1 Å². The van der Waals surface area contributed by atoms with Crippen LogP contribution in [-0.2, 0) is 6.18 Å². The molecule has 4 aromatic rings. The van der Waals surface area contributed by atoms with E-state index < -0.39 is 23.9 Å². The Morgan fingerprint density at radius 3 is 2.19 bits per heavy atom. The van der Waals surface area contributed by atoms with Crippen LogP contribution in [0.1, 0.15) is 11.3 Å². The van der Waals surface area contributed by atoms with Crippen molar-refractivity contribution in [2.45, 2.75) is 19.5 Å². The highest BCUT2D eigenvalue weighted by Gasteiger charge is 2.35. The van der Waals surface area contributed by atoms with Crippen LogP contribution in [0.25, 0.3) is 34.2 Å². The van der Waals surface area contributed by atoms with Crippen molar-refractivity contribution in [3.63, 3.8) is 0 Å². The molecular weight excluding hydrogens is 438 g/mol. The van der Waals surface area contributed by atoms with Gasteiger partial charge in [-0.05, 0) is 42.8 Å². The van der Waals surface area contributed by atoms with Gasteiger partial charge in [0, 0.05) is 5.56 Å². The number of furan rings is 1. The highest BCUT2D eigenvalue weighted by Crippen LogP contribution is 2.38. The lowest BCUT2D eigenvalue weighted by molar-refractivity contribution is -0.274. The highest BCUT2D eigenvalue weighted by atomic mass is 19.4. The fraction of sp³-hybridized carbons (Fsp3) is 0.136. The zero-order chi connectivity index (χ0) is 23.1. The molecule has 4 nitrogen and oxygen atoms in total. The van der Waals surface area contributed by atoms with Gasteiger partial charge in [-0.1, -0.05) is 30.3 Å². The minimum Gasteiger partial charge on any atom is -0.453 e. The second-order valence-corrected chi connectivity index (χ2v) is 6.87. The lowest BCUT2D eigenvalue weighted by atomic mass is 10.1. The number of nitrogens with one attached hydrogen (secondary N) is 1. The van der Waals surface area contributed by atoms with E-state index in [1.165, 1.54) is 12.1 Å². The lowest BCUT2D eigenvalue weighted by Crippen LogP contribution is -2.17. The predicted octanol–water partition coefficient (Wildman–Crippen LogP) is 7.23. The van der Waals surface area contributed by atoms with Gasteiger partial charge >= 0.3 is 12.5 Å². The molecule has 2 heterocycles. The second-order valence-electron chi connectivity index (χ2n) is 6.87. The Morgan fingerprint density at radius 1 is 0.844 bits per heavy atom. The Balaban J connectivity index is 1.72. The first-order valence-electron chi connectivity index (χ1n) is 9.20. The van der Waals surface area contributed by atoms with Gasteiger partial charge < -0.3 is 14.1 Å². The molecular formula is C22H14F6N2O2. The molecule has 0 aliphatic rings. The maximum Gasteiger partial charge on any atom is 0.573 e. The van der Waals surface area contributed by atoms with Crippen molar-refractivity contribution in [2.75, 3.05) is 0 Å². The van der Waals surface area contributed by atoms with Gasteiger partial charge in [-0.15, -0.1) is 13.2 Å². The van der Waals surface area contributed by atoms with Gasteiger partial charge in [0.1, 0.15) is 11.5 Å². The lowest BCUT2D eigenvalue weighted by Gasteiger charge is -2.13. The third-order valence-corrected chi connectivity index (χ3v) is 4.54. The van der Waals surface area contributed by atoms with Crippen molar-refractivity contribution in [1.29, 1.82) is 0 Å². The summed E-state index contributed by atoms with van der Waals surface area (Å²) in [7, 11) is 0. The SMILES string of the molecule is Cc1nc(-c2ccc(-c3cc(OC(F)(F)F)cc(C(F)(F)F)c3)o2)[nH]c1-c1ccccc1. The quantitative estimate of drug-likeness (QED) is 0.333. The summed E-state index contributed by atoms with van der Waals surface area (Å²) < 4.78 is 86.6. The summed E-state index contributed by atoms with van der Waals surface area (Å²) in [4.78, 5) is 7.48. The molecule has 0 spiro atoms. The smallest absolute Gasteiger partial charge is 0.453 e. The average molecular weight is 452 g/mol. The molecule has 0 fully saturated rings. The zero-order valence-corrected chi connectivity index (χ0v) is 16.3. The van der Waals surface area contributed by atoms with E-state index in [0.29, 0.717) is 17.6 Å². The summed E-state index contributed by atoms with van der Waals surface area (Å²) in [5, 5.41) is 0. The van der Waals surface area contributed by atoms with Gasteiger partial charge in [0.05, 0.1) is 17.0 Å². The molecule has 4 rings (SSSR count). The van der Waals surface area contributed by atoms with Crippen LogP contribution in [-0.4, -0.2) is 16.3 Å². The first-order valence-corrected chi connectivity index (χ1v) is 9.20. The highest BCUT2D eigenvalue weighted by molar-refractivity contribution is 5.68. The summed E-state index contributed by atoms with van der Waals surface area (Å²) in [5.41, 5.74) is 0.759. The van der Waals surface area contributed by atoms with Crippen LogP contribution < -0.4 is 4.74 Å². The number of ether oxygens (including phenoxy) is 1. The number of rotatable bonds is 4. The van der Waals surface area contributed by atoms with Crippen LogP contribution in [0.4, 0.5) is 26.3 Å². The molecule has 32 heavy (non-hydrogen) atoms. The van der Waals surface area contributed by atoms with E-state index in [0.717, 1.165) is 17.3 Å². The number of hydrogen-bond acceptors (Lipinski definition) is 3. The van der Waals surface area contributed by atoms with E-state index >= 15 is 0 Å². The number of aromatic amines is 1. The number of aromatic nitrogens is 2. The average Bonchev–Trinajstić information content (AvgIpc) is 3.33. The summed E-state index contributed by atoms with van der Waals surface area (Å²) in [6.07, 6.45) is -10.0. The Labute approximate surface area is 177 Å². The van der Waals surface area contributed by atoms with E-state index in [1.54, 1.807) is 6.92 Å². The van der Waals surface area contributed by atoms with Crippen LogP contribution in [0.3, 0.4) is 0 Å². The number of nitrogens with zero attached hydrogens (tertiary/aromatic N) is 1. The number of imidazole rings is 1. The molecule has 0 aliphatic heterocycles. The third-order valence-electron chi connectivity index (χ3n) is 4.54. The standard InChI is InChI=1S/C22H14F6N2O2/c1-12-19(13-5-3-2-4-6-13)30-20(29-12)18-8-7-17(31-18)14-9-15(21(23,24)25)11-16(10-14)32-22(26,27)28/h2-11H,1H3,(H,29,30). The number of hydrogen-bond donors (Lipinski definition) is 1. The third kappa shape index (κ3) is 4.63. The van der Waals surface area contributed by atoms with Crippen molar-refractivity contribution in [3.8, 4) is 39.9 Å². The van der Waals surface area contributed by atoms with Crippen LogP contribution >= 0.6 is 0 Å². The molecule has 0 aliphatic carbocycles. The molecule has 0 amide bonds. The molecule has 2 aromatic heterocycles. The van der Waals surface area contributed by atoms with Crippen molar-refractivity contribution < 1.29 is 35.5 Å². The van der Waals surface area contributed by atoms with Crippen molar-refractivity contribution in [1.82, 2.24) is 9.97 Å². The molecule has 0 unspecified atom stereocenters. The van der Waals surface area contributed by atoms with Crippen LogP contribution in [0.5, 0.6) is 5.75 Å². The Kier molecular flexibility index (Phi) is 5.23. The van der Waals surface area contributed by atoms with Gasteiger partial charge in [-0.3, -0.25) is 0 Å². The van der Waals surface area contributed by atoms with Crippen molar-refractivity contribution >= 4 is 0 Å². The molecule has 0 saturated heterocycles. The van der Waals surface area contributed by atoms with E-state index in [2.05, 4.69) is 14.7 Å². The van der Waals surface area contributed by atoms with Gasteiger partial charge in [0.25, 0.3) is 0 Å². The van der Waals surface area contributed by atoms with Crippen LogP contribution in [0, 0.1) is 6.92 Å². The molecule has 0 saturated carbocycles. The normalized spacial score (nSPS) is 12.2. The summed E-state index contributed by atoms with van der Waals surface area (Å²) in [5.74, 6) is -0.541. The fourth-order valence-corrected chi connectivity index (χ4v) is 3.18. The Hall–Kier alpha value is -3.69. The predicted molar refractivity (Wildman–Crippen MR) is 104 cm³/mol. The molecule has 0 radical (unpaired) electrons. The molecule has 166 valence electrons. The van der Waals surface area contributed by atoms with Gasteiger partial charge in [0.2, 0.25) is 0 Å². The summed E-state index contributed by atoms with van der Waals surface area (Å²) >= 11 is 0. The van der Waals surface area contributed by atoms with E-state index in [1.807, 2.05) is 30.3 Å². The summed E-state index contributed by atoms with van der Waals surface area (Å²) in [6, 6.07) is 13.9. The van der Waals surface area contributed by atoms with Crippen LogP contribution in [0.2, 0.25) is 0 Å². The number of alkyl halides is 6. The van der Waals surface area contributed by atoms with E-state index in [-0.39, 0.29) is 23.2 Å². The molecule has 1 N–H and O–H groups in total. The largest absolute Gasteiger partial charge is 0.573 e. The number of benzene rings is 2. The first kappa shape index (κ1) is 21.5. The van der Waals surface area contributed by atoms with Crippen molar-refractivity contribution in [2.24, 2.45) is 0 Å². The van der Waals surface area contributed by atoms with Gasteiger partial charge in [0.15, 0.2) is 11.6 Å². The van der Waals surface area contributed by atoms with Crippen molar-refractivity contribution in [3.05, 3.63) is 71.9 Å². The number of aryl methyl sites for hydroxylation is 1. The molecule has 2 aromatic carbocycles. The maximum atomic E-state index is 13.2. The Bertz CT molecular complexity index is 1240.